The molecule has 1 fully saturated rings. The third kappa shape index (κ3) is 5.23. The Hall–Kier alpha value is -2.11. The van der Waals surface area contributed by atoms with Gasteiger partial charge < -0.3 is 15.0 Å². The molecule has 0 bridgehead atoms. The van der Waals surface area contributed by atoms with Crippen molar-refractivity contribution in [2.24, 2.45) is 0 Å². The summed E-state index contributed by atoms with van der Waals surface area (Å²) in [5.74, 6) is -0.117. The lowest BCUT2D eigenvalue weighted by Gasteiger charge is -2.33. The monoisotopic (exact) mass is 319 g/mol. The maximum Gasteiger partial charge on any atom is 0.410 e. The molecule has 6 nitrogen and oxygen atoms in total. The average Bonchev–Trinajstić information content (AvgIpc) is 2.46. The van der Waals surface area contributed by atoms with Gasteiger partial charge in [-0.05, 0) is 52.7 Å². The fourth-order valence-corrected chi connectivity index (χ4v) is 2.40. The largest absolute Gasteiger partial charge is 0.444 e. The van der Waals surface area contributed by atoms with Crippen LogP contribution in [0, 0.1) is 6.92 Å². The zero-order chi connectivity index (χ0) is 17.0. The summed E-state index contributed by atoms with van der Waals surface area (Å²) in [4.78, 5) is 30.0. The normalized spacial score (nSPS) is 16.1. The van der Waals surface area contributed by atoms with Gasteiger partial charge in [-0.3, -0.25) is 9.78 Å². The molecule has 1 aliphatic rings. The minimum absolute atomic E-state index is 0.0717. The van der Waals surface area contributed by atoms with Crippen molar-refractivity contribution in [2.75, 3.05) is 13.1 Å². The molecule has 0 saturated carbocycles. The zero-order valence-electron chi connectivity index (χ0n) is 14.3. The second-order valence-corrected chi connectivity index (χ2v) is 6.90. The standard InChI is InChI=1S/C17H25N3O3/c1-12-5-6-13(11-18-12)15(21)19-14-7-9-20(10-8-14)16(22)23-17(2,3)4/h5-6,11,14H,7-10H2,1-4H3,(H,19,21). The fraction of sp³-hybridized carbons (Fsp3) is 0.588. The maximum absolute atomic E-state index is 12.2. The van der Waals surface area contributed by atoms with Gasteiger partial charge in [0.15, 0.2) is 0 Å². The third-order valence-corrected chi connectivity index (χ3v) is 3.66. The predicted molar refractivity (Wildman–Crippen MR) is 87.3 cm³/mol. The number of aromatic nitrogens is 1. The Bertz CT molecular complexity index is 555. The molecular weight excluding hydrogens is 294 g/mol. The van der Waals surface area contributed by atoms with E-state index >= 15 is 0 Å². The summed E-state index contributed by atoms with van der Waals surface area (Å²) >= 11 is 0. The highest BCUT2D eigenvalue weighted by molar-refractivity contribution is 5.94. The number of pyridine rings is 1. The number of ether oxygens (including phenoxy) is 1. The summed E-state index contributed by atoms with van der Waals surface area (Å²) in [6, 6.07) is 3.66. The van der Waals surface area contributed by atoms with E-state index < -0.39 is 5.60 Å². The van der Waals surface area contributed by atoms with Crippen LogP contribution in [-0.2, 0) is 4.74 Å². The Morgan fingerprint density at radius 1 is 1.26 bits per heavy atom. The Morgan fingerprint density at radius 3 is 2.43 bits per heavy atom. The highest BCUT2D eigenvalue weighted by atomic mass is 16.6. The average molecular weight is 319 g/mol. The number of piperidine rings is 1. The molecule has 1 N–H and O–H groups in total. The molecule has 2 amide bonds. The Labute approximate surface area is 137 Å². The van der Waals surface area contributed by atoms with Crippen LogP contribution >= 0.6 is 0 Å². The first-order valence-electron chi connectivity index (χ1n) is 7.96. The molecule has 6 heteroatoms. The molecule has 126 valence electrons. The first kappa shape index (κ1) is 17.2. The number of hydrogen-bond donors (Lipinski definition) is 1. The molecule has 0 aromatic carbocycles. The molecule has 2 heterocycles. The SMILES string of the molecule is Cc1ccc(C(=O)NC2CCN(C(=O)OC(C)(C)C)CC2)cn1. The smallest absolute Gasteiger partial charge is 0.410 e. The van der Waals surface area contributed by atoms with Crippen LogP contribution in [-0.4, -0.2) is 46.6 Å². The molecular formula is C17H25N3O3. The van der Waals surface area contributed by atoms with Crippen LogP contribution in [0.5, 0.6) is 0 Å². The minimum atomic E-state index is -0.486. The van der Waals surface area contributed by atoms with E-state index in [1.165, 1.54) is 0 Å². The first-order chi connectivity index (χ1) is 10.7. The van der Waals surface area contributed by atoms with Gasteiger partial charge in [-0.2, -0.15) is 0 Å². The predicted octanol–water partition coefficient (Wildman–Crippen LogP) is 2.52. The first-order valence-corrected chi connectivity index (χ1v) is 7.96. The lowest BCUT2D eigenvalue weighted by Crippen LogP contribution is -2.47. The number of nitrogens with one attached hydrogen (secondary N) is 1. The minimum Gasteiger partial charge on any atom is -0.444 e. The van der Waals surface area contributed by atoms with Gasteiger partial charge in [0, 0.05) is 31.0 Å². The van der Waals surface area contributed by atoms with Crippen molar-refractivity contribution in [3.05, 3.63) is 29.6 Å². The van der Waals surface area contributed by atoms with Crippen LogP contribution in [0.4, 0.5) is 4.79 Å². The summed E-state index contributed by atoms with van der Waals surface area (Å²) in [5, 5.41) is 3.00. The van der Waals surface area contributed by atoms with Crippen LogP contribution < -0.4 is 5.32 Å². The van der Waals surface area contributed by atoms with Crippen LogP contribution in [0.25, 0.3) is 0 Å². The number of carbonyl (C=O) groups excluding carboxylic acids is 2. The Kier molecular flexibility index (Phi) is 5.23. The molecule has 2 rings (SSSR count). The summed E-state index contributed by atoms with van der Waals surface area (Å²) in [6.07, 6.45) is 2.75. The molecule has 1 aromatic rings. The van der Waals surface area contributed by atoms with Gasteiger partial charge in [0.1, 0.15) is 5.60 Å². The number of aryl methyl sites for hydroxylation is 1. The van der Waals surface area contributed by atoms with Crippen molar-refractivity contribution >= 4 is 12.0 Å². The second-order valence-electron chi connectivity index (χ2n) is 6.90. The summed E-state index contributed by atoms with van der Waals surface area (Å²) in [5.41, 5.74) is 0.957. The second kappa shape index (κ2) is 6.98. The lowest BCUT2D eigenvalue weighted by molar-refractivity contribution is 0.0199. The van der Waals surface area contributed by atoms with Gasteiger partial charge >= 0.3 is 6.09 Å². The molecule has 1 aromatic heterocycles. The topological polar surface area (TPSA) is 71.5 Å². The van der Waals surface area contributed by atoms with E-state index in [-0.39, 0.29) is 18.0 Å². The molecule has 0 atom stereocenters. The van der Waals surface area contributed by atoms with Gasteiger partial charge in [-0.25, -0.2) is 4.79 Å². The summed E-state index contributed by atoms with van der Waals surface area (Å²) < 4.78 is 5.37. The zero-order valence-corrected chi connectivity index (χ0v) is 14.3. The van der Waals surface area contributed by atoms with Crippen molar-refractivity contribution in [1.29, 1.82) is 0 Å². The molecule has 0 aliphatic carbocycles. The number of hydrogen-bond acceptors (Lipinski definition) is 4. The van der Waals surface area contributed by atoms with Crippen LogP contribution in [0.3, 0.4) is 0 Å². The number of rotatable bonds is 2. The van der Waals surface area contributed by atoms with Crippen LogP contribution in [0.2, 0.25) is 0 Å². The van der Waals surface area contributed by atoms with E-state index in [1.54, 1.807) is 17.2 Å². The van der Waals surface area contributed by atoms with E-state index in [1.807, 2.05) is 33.8 Å². The van der Waals surface area contributed by atoms with Crippen LogP contribution in [0.1, 0.15) is 49.7 Å². The molecule has 1 aliphatic heterocycles. The fourth-order valence-electron chi connectivity index (χ4n) is 2.40. The Morgan fingerprint density at radius 2 is 1.91 bits per heavy atom. The Balaban J connectivity index is 1.81. The molecule has 0 unspecified atom stereocenters. The van der Waals surface area contributed by atoms with Crippen molar-refractivity contribution in [3.8, 4) is 0 Å². The van der Waals surface area contributed by atoms with Crippen molar-refractivity contribution in [2.45, 2.75) is 52.2 Å². The van der Waals surface area contributed by atoms with Gasteiger partial charge in [-0.15, -0.1) is 0 Å². The van der Waals surface area contributed by atoms with Gasteiger partial charge in [0.25, 0.3) is 5.91 Å². The molecule has 1 saturated heterocycles. The molecule has 23 heavy (non-hydrogen) atoms. The van der Waals surface area contributed by atoms with E-state index in [0.29, 0.717) is 18.7 Å². The maximum atomic E-state index is 12.2. The van der Waals surface area contributed by atoms with E-state index in [2.05, 4.69) is 10.3 Å². The van der Waals surface area contributed by atoms with Crippen molar-refractivity contribution in [3.63, 3.8) is 0 Å². The number of carbonyl (C=O) groups is 2. The lowest BCUT2D eigenvalue weighted by atomic mass is 10.0. The highest BCUT2D eigenvalue weighted by Crippen LogP contribution is 2.15. The molecule has 0 radical (unpaired) electrons. The number of likely N-dealkylation sites (tertiary alicyclic amines) is 1. The molecule has 0 spiro atoms. The summed E-state index contributed by atoms with van der Waals surface area (Å²) in [6.45, 7) is 8.63. The third-order valence-electron chi connectivity index (χ3n) is 3.66. The number of nitrogens with zero attached hydrogens (tertiary/aromatic N) is 2. The van der Waals surface area contributed by atoms with Crippen molar-refractivity contribution in [1.82, 2.24) is 15.2 Å². The highest BCUT2D eigenvalue weighted by Gasteiger charge is 2.27. The van der Waals surface area contributed by atoms with E-state index in [0.717, 1.165) is 18.5 Å². The van der Waals surface area contributed by atoms with E-state index in [4.69, 9.17) is 4.74 Å². The van der Waals surface area contributed by atoms with Crippen molar-refractivity contribution < 1.29 is 14.3 Å². The van der Waals surface area contributed by atoms with Gasteiger partial charge in [0.2, 0.25) is 0 Å². The quantitative estimate of drug-likeness (QED) is 0.909. The van der Waals surface area contributed by atoms with Gasteiger partial charge in [-0.1, -0.05) is 0 Å². The number of amides is 2. The van der Waals surface area contributed by atoms with E-state index in [9.17, 15) is 9.59 Å². The van der Waals surface area contributed by atoms with Crippen LogP contribution in [0.15, 0.2) is 18.3 Å². The van der Waals surface area contributed by atoms with Gasteiger partial charge in [0.05, 0.1) is 5.56 Å². The summed E-state index contributed by atoms with van der Waals surface area (Å²) in [7, 11) is 0.